The Hall–Kier alpha value is -4.00. The predicted octanol–water partition coefficient (Wildman–Crippen LogP) is 3.61. The van der Waals surface area contributed by atoms with Crippen molar-refractivity contribution < 1.29 is 14.3 Å². The van der Waals surface area contributed by atoms with Gasteiger partial charge >= 0.3 is 0 Å². The number of rotatable bonds is 3. The van der Waals surface area contributed by atoms with E-state index in [0.29, 0.717) is 22.7 Å². The molecule has 7 heteroatoms. The van der Waals surface area contributed by atoms with Gasteiger partial charge in [-0.1, -0.05) is 30.3 Å². The minimum atomic E-state index is -0.778. The van der Waals surface area contributed by atoms with Crippen LogP contribution in [0.3, 0.4) is 0 Å². The molecule has 1 atom stereocenters. The van der Waals surface area contributed by atoms with E-state index in [1.54, 1.807) is 32.6 Å². The molecule has 7 nitrogen and oxygen atoms in total. The normalized spacial score (nSPS) is 15.4. The molecular formula is C23H19N3O4. The number of nitrogens with one attached hydrogen (secondary N) is 2. The first-order valence-corrected chi connectivity index (χ1v) is 9.48. The van der Waals surface area contributed by atoms with Crippen LogP contribution in [0.1, 0.15) is 11.7 Å². The van der Waals surface area contributed by atoms with E-state index in [4.69, 9.17) is 9.47 Å². The zero-order valence-corrected chi connectivity index (χ0v) is 16.4. The maximum Gasteiger partial charge on any atom is 0.274 e. The van der Waals surface area contributed by atoms with Crippen molar-refractivity contribution in [3.05, 3.63) is 76.8 Å². The summed E-state index contributed by atoms with van der Waals surface area (Å²) >= 11 is 0. The summed E-state index contributed by atoms with van der Waals surface area (Å²) in [6, 6.07) is 14.8. The van der Waals surface area contributed by atoms with Crippen LogP contribution in [0.25, 0.3) is 22.0 Å². The highest BCUT2D eigenvalue weighted by Gasteiger charge is 2.32. The number of benzene rings is 2. The van der Waals surface area contributed by atoms with Crippen molar-refractivity contribution in [2.45, 2.75) is 6.10 Å². The first-order chi connectivity index (χ1) is 14.6. The number of carbonyl (C=O) groups is 1. The first-order valence-electron chi connectivity index (χ1n) is 9.48. The fourth-order valence-electron chi connectivity index (χ4n) is 3.84. The average Bonchev–Trinajstić information content (AvgIpc) is 3.26. The van der Waals surface area contributed by atoms with E-state index in [0.717, 1.165) is 22.1 Å². The van der Waals surface area contributed by atoms with E-state index in [1.165, 1.54) is 4.57 Å². The van der Waals surface area contributed by atoms with Crippen LogP contribution < -0.4 is 20.3 Å². The van der Waals surface area contributed by atoms with Crippen LogP contribution in [0, 0.1) is 0 Å². The van der Waals surface area contributed by atoms with Crippen molar-refractivity contribution in [1.29, 1.82) is 0 Å². The quantitative estimate of drug-likeness (QED) is 0.549. The number of amides is 1. The van der Waals surface area contributed by atoms with Gasteiger partial charge in [0.2, 0.25) is 6.10 Å². The summed E-state index contributed by atoms with van der Waals surface area (Å²) in [5.74, 6) is 0.855. The van der Waals surface area contributed by atoms with Gasteiger partial charge in [-0.3, -0.25) is 9.59 Å². The molecule has 1 amide bonds. The molecular weight excluding hydrogens is 382 g/mol. The van der Waals surface area contributed by atoms with E-state index in [2.05, 4.69) is 10.3 Å². The lowest BCUT2D eigenvalue weighted by atomic mass is 9.99. The van der Waals surface area contributed by atoms with Crippen LogP contribution in [0.4, 0.5) is 5.69 Å². The van der Waals surface area contributed by atoms with Gasteiger partial charge in [0.1, 0.15) is 11.3 Å². The van der Waals surface area contributed by atoms with E-state index >= 15 is 0 Å². The van der Waals surface area contributed by atoms with Crippen LogP contribution in [0.5, 0.6) is 11.5 Å². The van der Waals surface area contributed by atoms with Crippen LogP contribution in [0.15, 0.2) is 65.7 Å². The highest BCUT2D eigenvalue weighted by atomic mass is 16.5. The second-order valence-electron chi connectivity index (χ2n) is 7.17. The molecule has 2 N–H and O–H groups in total. The second-order valence-corrected chi connectivity index (χ2v) is 7.17. The van der Waals surface area contributed by atoms with Gasteiger partial charge in [-0.15, -0.1) is 0 Å². The van der Waals surface area contributed by atoms with Crippen molar-refractivity contribution in [2.24, 2.45) is 7.05 Å². The molecule has 4 aromatic rings. The third-order valence-electron chi connectivity index (χ3n) is 5.32. The number of fused-ring (bicyclic) bond motifs is 2. The maximum atomic E-state index is 12.7. The number of aromatic amines is 1. The zero-order chi connectivity index (χ0) is 20.8. The molecule has 0 saturated heterocycles. The Morgan fingerprint density at radius 3 is 2.63 bits per heavy atom. The number of hydrogen-bond donors (Lipinski definition) is 2. The topological polar surface area (TPSA) is 85.3 Å². The molecule has 0 saturated carbocycles. The van der Waals surface area contributed by atoms with E-state index < -0.39 is 6.10 Å². The lowest BCUT2D eigenvalue weighted by Crippen LogP contribution is -2.30. The Labute approximate surface area is 171 Å². The maximum absolute atomic E-state index is 12.7. The Morgan fingerprint density at radius 1 is 1.07 bits per heavy atom. The summed E-state index contributed by atoms with van der Waals surface area (Å²) in [5.41, 5.74) is 3.20. The number of ether oxygens (including phenoxy) is 2. The summed E-state index contributed by atoms with van der Waals surface area (Å²) in [7, 11) is 3.27. The number of hydrogen-bond acceptors (Lipinski definition) is 4. The monoisotopic (exact) mass is 401 g/mol. The standard InChI is InChI=1S/C23H19N3O4/c1-26-12-17(15-8-9-24-19(15)23(26)28)16-10-14(29-2)11-18-21(16)30-20(22(27)25-18)13-6-4-3-5-7-13/h3-12,20,24H,1-2H3,(H,25,27)/t20-/m0/s1. The molecule has 0 spiro atoms. The number of aromatic nitrogens is 2. The predicted molar refractivity (Wildman–Crippen MR) is 114 cm³/mol. The van der Waals surface area contributed by atoms with Crippen LogP contribution in [-0.2, 0) is 11.8 Å². The van der Waals surface area contributed by atoms with Crippen LogP contribution >= 0.6 is 0 Å². The summed E-state index contributed by atoms with van der Waals surface area (Å²) < 4.78 is 13.2. The molecule has 5 rings (SSSR count). The molecule has 0 radical (unpaired) electrons. The SMILES string of the molecule is COc1cc2c(c(-c3cn(C)c(=O)c4[nH]ccc34)c1)O[C@@H](c1ccccc1)C(=O)N2. The minimum Gasteiger partial charge on any atom is -0.497 e. The smallest absolute Gasteiger partial charge is 0.274 e. The van der Waals surface area contributed by atoms with Crippen LogP contribution in [0.2, 0.25) is 0 Å². The number of aryl methyl sites for hydroxylation is 1. The third-order valence-corrected chi connectivity index (χ3v) is 5.32. The van der Waals surface area contributed by atoms with Crippen molar-refractivity contribution in [2.75, 3.05) is 12.4 Å². The molecule has 2 aromatic heterocycles. The summed E-state index contributed by atoms with van der Waals surface area (Å²) in [5, 5.41) is 3.71. The lowest BCUT2D eigenvalue weighted by Gasteiger charge is -2.28. The van der Waals surface area contributed by atoms with Crippen molar-refractivity contribution in [1.82, 2.24) is 9.55 Å². The molecule has 0 fully saturated rings. The number of anilines is 1. The van der Waals surface area contributed by atoms with Crippen molar-refractivity contribution in [3.8, 4) is 22.6 Å². The van der Waals surface area contributed by atoms with E-state index in [9.17, 15) is 9.59 Å². The summed E-state index contributed by atoms with van der Waals surface area (Å²) in [6.07, 6.45) is 2.72. The van der Waals surface area contributed by atoms with Gasteiger partial charge < -0.3 is 24.3 Å². The van der Waals surface area contributed by atoms with Gasteiger partial charge in [0.05, 0.1) is 12.8 Å². The van der Waals surface area contributed by atoms with Crippen molar-refractivity contribution >= 4 is 22.5 Å². The highest BCUT2D eigenvalue weighted by Crippen LogP contribution is 2.46. The molecule has 2 aromatic carbocycles. The van der Waals surface area contributed by atoms with Gasteiger partial charge in [0.25, 0.3) is 11.5 Å². The Kier molecular flexibility index (Phi) is 4.10. The molecule has 150 valence electrons. The second kappa shape index (κ2) is 6.81. The average molecular weight is 401 g/mol. The Balaban J connectivity index is 1.75. The molecule has 0 unspecified atom stereocenters. The largest absolute Gasteiger partial charge is 0.497 e. The Bertz CT molecular complexity index is 1340. The van der Waals surface area contributed by atoms with Gasteiger partial charge in [0, 0.05) is 47.6 Å². The lowest BCUT2D eigenvalue weighted by molar-refractivity contribution is -0.123. The number of H-pyrrole nitrogens is 1. The van der Waals surface area contributed by atoms with Gasteiger partial charge in [-0.25, -0.2) is 0 Å². The molecule has 30 heavy (non-hydrogen) atoms. The molecule has 0 bridgehead atoms. The Morgan fingerprint density at radius 2 is 1.87 bits per heavy atom. The van der Waals surface area contributed by atoms with Crippen LogP contribution in [-0.4, -0.2) is 22.6 Å². The third kappa shape index (κ3) is 2.75. The fraction of sp³-hybridized carbons (Fsp3) is 0.130. The number of nitrogens with zero attached hydrogens (tertiary/aromatic N) is 1. The number of methoxy groups -OCH3 is 1. The first kappa shape index (κ1) is 18.1. The molecule has 1 aliphatic rings. The number of carbonyl (C=O) groups excluding carboxylic acids is 1. The molecule has 0 aliphatic carbocycles. The van der Waals surface area contributed by atoms with E-state index in [-0.39, 0.29) is 11.5 Å². The summed E-state index contributed by atoms with van der Waals surface area (Å²) in [4.78, 5) is 28.2. The van der Waals surface area contributed by atoms with Gasteiger partial charge in [0.15, 0.2) is 5.75 Å². The van der Waals surface area contributed by atoms with Crippen molar-refractivity contribution in [3.63, 3.8) is 0 Å². The fourth-order valence-corrected chi connectivity index (χ4v) is 3.84. The zero-order valence-electron chi connectivity index (χ0n) is 16.4. The molecule has 3 heterocycles. The highest BCUT2D eigenvalue weighted by molar-refractivity contribution is 6.03. The minimum absolute atomic E-state index is 0.119. The van der Waals surface area contributed by atoms with Gasteiger partial charge in [-0.2, -0.15) is 0 Å². The summed E-state index contributed by atoms with van der Waals surface area (Å²) in [6.45, 7) is 0. The van der Waals surface area contributed by atoms with Gasteiger partial charge in [-0.05, 0) is 12.1 Å². The molecule has 1 aliphatic heterocycles. The number of pyridine rings is 1. The van der Waals surface area contributed by atoms with E-state index in [1.807, 2.05) is 42.5 Å².